The lowest BCUT2D eigenvalue weighted by atomic mass is 10.1. The van der Waals surface area contributed by atoms with Crippen LogP contribution in [0.4, 0.5) is 0 Å². The number of pyridine rings is 1. The van der Waals surface area contributed by atoms with Gasteiger partial charge in [-0.3, -0.25) is 9.78 Å². The SMILES string of the molecule is CCCCC(=O)N1CCC[C@@H]1c1ccc(C(=O)O)c(COc2ccc(Cl)cc2)n1. The van der Waals surface area contributed by atoms with E-state index >= 15 is 0 Å². The quantitative estimate of drug-likeness (QED) is 0.664. The van der Waals surface area contributed by atoms with Crippen LogP contribution in [0.1, 0.15) is 66.8 Å². The smallest absolute Gasteiger partial charge is 0.337 e. The summed E-state index contributed by atoms with van der Waals surface area (Å²) in [4.78, 5) is 30.7. The molecule has 0 unspecified atom stereocenters. The fourth-order valence-corrected chi connectivity index (χ4v) is 3.66. The molecule has 0 aliphatic carbocycles. The Kier molecular flexibility index (Phi) is 7.09. The second-order valence-electron chi connectivity index (χ2n) is 7.13. The van der Waals surface area contributed by atoms with Gasteiger partial charge in [0, 0.05) is 18.0 Å². The number of nitrogens with zero attached hydrogens (tertiary/aromatic N) is 2. The third kappa shape index (κ3) is 5.26. The first kappa shape index (κ1) is 21.1. The number of aromatic carboxylic acids is 1. The summed E-state index contributed by atoms with van der Waals surface area (Å²) in [6.45, 7) is 2.80. The van der Waals surface area contributed by atoms with Crippen molar-refractivity contribution < 1.29 is 19.4 Å². The molecule has 1 atom stereocenters. The molecule has 1 aliphatic rings. The van der Waals surface area contributed by atoms with Crippen molar-refractivity contribution in [2.75, 3.05) is 6.54 Å². The molecular formula is C22H25ClN2O4. The van der Waals surface area contributed by atoms with Crippen LogP contribution < -0.4 is 4.74 Å². The van der Waals surface area contributed by atoms with Crippen molar-refractivity contribution in [1.29, 1.82) is 0 Å². The average Bonchev–Trinajstić information content (AvgIpc) is 3.21. The van der Waals surface area contributed by atoms with E-state index in [0.29, 0.717) is 35.1 Å². The summed E-state index contributed by atoms with van der Waals surface area (Å²) in [6.07, 6.45) is 4.12. The maximum atomic E-state index is 12.6. The molecule has 1 amide bonds. The highest BCUT2D eigenvalue weighted by molar-refractivity contribution is 6.30. The molecule has 3 rings (SSSR count). The number of benzene rings is 1. The van der Waals surface area contributed by atoms with E-state index in [1.165, 1.54) is 0 Å². The van der Waals surface area contributed by atoms with E-state index in [1.807, 2.05) is 4.90 Å². The van der Waals surface area contributed by atoms with Crippen LogP contribution >= 0.6 is 11.6 Å². The Morgan fingerprint density at radius 1 is 1.24 bits per heavy atom. The Labute approximate surface area is 175 Å². The number of aromatic nitrogens is 1. The number of carbonyl (C=O) groups excluding carboxylic acids is 1. The van der Waals surface area contributed by atoms with Crippen molar-refractivity contribution in [2.45, 2.75) is 51.7 Å². The molecule has 7 heteroatoms. The number of ether oxygens (including phenoxy) is 1. The van der Waals surface area contributed by atoms with Crippen molar-refractivity contribution in [3.05, 3.63) is 58.4 Å². The van der Waals surface area contributed by atoms with Crippen molar-refractivity contribution >= 4 is 23.5 Å². The molecule has 2 heterocycles. The van der Waals surface area contributed by atoms with Gasteiger partial charge in [-0.2, -0.15) is 0 Å². The van der Waals surface area contributed by atoms with Crippen LogP contribution in [0.3, 0.4) is 0 Å². The summed E-state index contributed by atoms with van der Waals surface area (Å²) < 4.78 is 5.72. The normalized spacial score (nSPS) is 16.1. The summed E-state index contributed by atoms with van der Waals surface area (Å²) >= 11 is 5.88. The van der Waals surface area contributed by atoms with E-state index in [4.69, 9.17) is 16.3 Å². The Balaban J connectivity index is 1.81. The standard InChI is InChI=1S/C22H25ClN2O4/c1-2-3-6-21(26)25-13-4-5-20(25)18-12-11-17(22(27)28)19(24-18)14-29-16-9-7-15(23)8-10-16/h7-12,20H,2-6,13-14H2,1H3,(H,27,28)/t20-/m1/s1. The number of halogens is 1. The van der Waals surface area contributed by atoms with Crippen LogP contribution in [0.2, 0.25) is 5.02 Å². The fourth-order valence-electron chi connectivity index (χ4n) is 3.54. The summed E-state index contributed by atoms with van der Waals surface area (Å²) in [7, 11) is 0. The van der Waals surface area contributed by atoms with Gasteiger partial charge in [0.15, 0.2) is 0 Å². The molecule has 0 radical (unpaired) electrons. The zero-order valence-corrected chi connectivity index (χ0v) is 17.2. The van der Waals surface area contributed by atoms with Crippen molar-refractivity contribution in [1.82, 2.24) is 9.88 Å². The summed E-state index contributed by atoms with van der Waals surface area (Å²) in [5, 5.41) is 10.1. The molecule has 2 aromatic rings. The van der Waals surface area contributed by atoms with E-state index < -0.39 is 5.97 Å². The molecule has 6 nitrogen and oxygen atoms in total. The molecule has 1 aliphatic heterocycles. The largest absolute Gasteiger partial charge is 0.487 e. The fraction of sp³-hybridized carbons (Fsp3) is 0.409. The summed E-state index contributed by atoms with van der Waals surface area (Å²) in [5.41, 5.74) is 1.16. The molecule has 0 bridgehead atoms. The van der Waals surface area contributed by atoms with Gasteiger partial charge in [0.2, 0.25) is 5.91 Å². The van der Waals surface area contributed by atoms with Crippen LogP contribution in [0.25, 0.3) is 0 Å². The highest BCUT2D eigenvalue weighted by Gasteiger charge is 2.31. The Morgan fingerprint density at radius 3 is 2.69 bits per heavy atom. The second kappa shape index (κ2) is 9.74. The van der Waals surface area contributed by atoms with Gasteiger partial charge in [-0.1, -0.05) is 24.9 Å². The first-order valence-electron chi connectivity index (χ1n) is 9.90. The minimum Gasteiger partial charge on any atom is -0.487 e. The number of unbranched alkanes of at least 4 members (excludes halogenated alkanes) is 1. The molecule has 1 fully saturated rings. The predicted octanol–water partition coefficient (Wildman–Crippen LogP) is 4.87. The zero-order chi connectivity index (χ0) is 20.8. The third-order valence-electron chi connectivity index (χ3n) is 5.07. The maximum absolute atomic E-state index is 12.6. The number of carboxylic acids is 1. The summed E-state index contributed by atoms with van der Waals surface area (Å²) in [5.74, 6) is -0.339. The van der Waals surface area contributed by atoms with Crippen LogP contribution in [0.5, 0.6) is 5.75 Å². The Bertz CT molecular complexity index is 870. The number of rotatable bonds is 8. The number of amides is 1. The van der Waals surface area contributed by atoms with Crippen molar-refractivity contribution in [3.8, 4) is 5.75 Å². The van der Waals surface area contributed by atoms with Crippen LogP contribution in [-0.2, 0) is 11.4 Å². The molecule has 1 N–H and O–H groups in total. The third-order valence-corrected chi connectivity index (χ3v) is 5.33. The molecular weight excluding hydrogens is 392 g/mol. The monoisotopic (exact) mass is 416 g/mol. The van der Waals surface area contributed by atoms with Crippen molar-refractivity contribution in [3.63, 3.8) is 0 Å². The Hall–Kier alpha value is -2.60. The van der Waals surface area contributed by atoms with Crippen molar-refractivity contribution in [2.24, 2.45) is 0 Å². The van der Waals surface area contributed by atoms with E-state index in [-0.39, 0.29) is 24.1 Å². The van der Waals surface area contributed by atoms with Crippen LogP contribution in [0.15, 0.2) is 36.4 Å². The van der Waals surface area contributed by atoms with Crippen LogP contribution in [0, 0.1) is 0 Å². The first-order chi connectivity index (χ1) is 14.0. The maximum Gasteiger partial charge on any atom is 0.337 e. The molecule has 0 spiro atoms. The molecule has 1 aromatic carbocycles. The highest BCUT2D eigenvalue weighted by atomic mass is 35.5. The van der Waals surface area contributed by atoms with E-state index in [0.717, 1.165) is 25.7 Å². The zero-order valence-electron chi connectivity index (χ0n) is 16.4. The van der Waals surface area contributed by atoms with Gasteiger partial charge < -0.3 is 14.7 Å². The molecule has 29 heavy (non-hydrogen) atoms. The minimum absolute atomic E-state index is 0.0214. The number of hydrogen-bond acceptors (Lipinski definition) is 4. The minimum atomic E-state index is -1.05. The van der Waals surface area contributed by atoms with Gasteiger partial charge in [-0.25, -0.2) is 4.79 Å². The predicted molar refractivity (Wildman–Crippen MR) is 110 cm³/mol. The number of carboxylic acid groups (broad SMARTS) is 1. The van der Waals surface area contributed by atoms with Gasteiger partial charge in [0.1, 0.15) is 12.4 Å². The van der Waals surface area contributed by atoms with E-state index in [1.54, 1.807) is 36.4 Å². The molecule has 1 saturated heterocycles. The number of carbonyl (C=O) groups is 2. The topological polar surface area (TPSA) is 79.7 Å². The van der Waals surface area contributed by atoms with E-state index in [9.17, 15) is 14.7 Å². The van der Waals surface area contributed by atoms with Gasteiger partial charge in [-0.05, 0) is 55.7 Å². The van der Waals surface area contributed by atoms with Gasteiger partial charge in [0.25, 0.3) is 0 Å². The first-order valence-corrected chi connectivity index (χ1v) is 10.3. The van der Waals surface area contributed by atoms with Crippen LogP contribution in [-0.4, -0.2) is 33.4 Å². The number of likely N-dealkylation sites (tertiary alicyclic amines) is 1. The summed E-state index contributed by atoms with van der Waals surface area (Å²) in [6, 6.07) is 10.0. The molecule has 154 valence electrons. The lowest BCUT2D eigenvalue weighted by Gasteiger charge is -2.25. The average molecular weight is 417 g/mol. The molecule has 1 aromatic heterocycles. The van der Waals surface area contributed by atoms with Gasteiger partial charge >= 0.3 is 5.97 Å². The second-order valence-corrected chi connectivity index (χ2v) is 7.56. The van der Waals surface area contributed by atoms with Gasteiger partial charge in [0.05, 0.1) is 23.0 Å². The van der Waals surface area contributed by atoms with E-state index in [2.05, 4.69) is 11.9 Å². The lowest BCUT2D eigenvalue weighted by molar-refractivity contribution is -0.132. The van der Waals surface area contributed by atoms with Gasteiger partial charge in [-0.15, -0.1) is 0 Å². The highest BCUT2D eigenvalue weighted by Crippen LogP contribution is 2.32. The Morgan fingerprint density at radius 2 is 2.00 bits per heavy atom. The number of hydrogen-bond donors (Lipinski definition) is 1. The lowest BCUT2D eigenvalue weighted by Crippen LogP contribution is -2.31. The molecule has 0 saturated carbocycles.